The van der Waals surface area contributed by atoms with Crippen LogP contribution in [0.3, 0.4) is 0 Å². The monoisotopic (exact) mass is 323 g/mol. The molecule has 2 fully saturated rings. The van der Waals surface area contributed by atoms with Crippen molar-refractivity contribution in [2.45, 2.75) is 31.8 Å². The predicted molar refractivity (Wildman–Crippen MR) is 87.5 cm³/mol. The van der Waals surface area contributed by atoms with Crippen LogP contribution in [0.1, 0.15) is 30.4 Å². The summed E-state index contributed by atoms with van der Waals surface area (Å²) in [6.45, 7) is 4.45. The molecule has 1 aromatic rings. The highest BCUT2D eigenvalue weighted by Crippen LogP contribution is 2.34. The van der Waals surface area contributed by atoms with Crippen molar-refractivity contribution in [1.82, 2.24) is 4.90 Å². The fraction of sp³-hybridized carbons (Fsp3) is 0.647. The number of benzene rings is 1. The maximum absolute atomic E-state index is 11.5. The standard InChI is InChI=1S/C17H25NO3S/c1-14-4-2-3-5-16(14)17(19)8-10-18(13-17)9-6-15-7-11-22(20,21)12-15/h2-5,15,19H,6-13H2,1H3. The topological polar surface area (TPSA) is 57.6 Å². The maximum Gasteiger partial charge on any atom is 0.150 e. The van der Waals surface area contributed by atoms with Crippen LogP contribution in [-0.4, -0.2) is 49.6 Å². The lowest BCUT2D eigenvalue weighted by Gasteiger charge is -2.26. The van der Waals surface area contributed by atoms with E-state index >= 15 is 0 Å². The summed E-state index contributed by atoms with van der Waals surface area (Å²) >= 11 is 0. The second-order valence-corrected chi connectivity index (χ2v) is 9.16. The van der Waals surface area contributed by atoms with Gasteiger partial charge in [0.2, 0.25) is 0 Å². The number of hydrogen-bond donors (Lipinski definition) is 1. The van der Waals surface area contributed by atoms with Crippen LogP contribution < -0.4 is 0 Å². The van der Waals surface area contributed by atoms with Crippen LogP contribution in [0, 0.1) is 12.8 Å². The van der Waals surface area contributed by atoms with E-state index in [0.29, 0.717) is 24.0 Å². The third kappa shape index (κ3) is 3.36. The average molecular weight is 323 g/mol. The lowest BCUT2D eigenvalue weighted by atomic mass is 9.89. The second-order valence-electron chi connectivity index (χ2n) is 6.93. The molecular weight excluding hydrogens is 298 g/mol. The summed E-state index contributed by atoms with van der Waals surface area (Å²) in [7, 11) is -2.78. The molecule has 5 heteroatoms. The summed E-state index contributed by atoms with van der Waals surface area (Å²) in [5.74, 6) is 1.01. The number of rotatable bonds is 4. The molecule has 0 saturated carbocycles. The normalized spacial score (nSPS) is 31.6. The lowest BCUT2D eigenvalue weighted by Crippen LogP contribution is -2.32. The van der Waals surface area contributed by atoms with Crippen molar-refractivity contribution in [2.75, 3.05) is 31.1 Å². The molecule has 0 spiro atoms. The number of aliphatic hydroxyl groups is 1. The van der Waals surface area contributed by atoms with Gasteiger partial charge in [-0.1, -0.05) is 24.3 Å². The quantitative estimate of drug-likeness (QED) is 0.916. The number of likely N-dealkylation sites (tertiary alicyclic amines) is 1. The molecule has 122 valence electrons. The van der Waals surface area contributed by atoms with Crippen LogP contribution in [-0.2, 0) is 15.4 Å². The molecule has 0 bridgehead atoms. The van der Waals surface area contributed by atoms with Crippen molar-refractivity contribution >= 4 is 9.84 Å². The Labute approximate surface area is 133 Å². The molecule has 2 heterocycles. The summed E-state index contributed by atoms with van der Waals surface area (Å²) in [5, 5.41) is 11.0. The molecule has 2 aliphatic heterocycles. The first-order valence-electron chi connectivity index (χ1n) is 8.09. The van der Waals surface area contributed by atoms with Gasteiger partial charge in [-0.2, -0.15) is 0 Å². The highest BCUT2D eigenvalue weighted by molar-refractivity contribution is 7.91. The highest BCUT2D eigenvalue weighted by Gasteiger charge is 2.38. The van der Waals surface area contributed by atoms with E-state index in [9.17, 15) is 13.5 Å². The van der Waals surface area contributed by atoms with Crippen molar-refractivity contribution in [2.24, 2.45) is 5.92 Å². The first-order valence-corrected chi connectivity index (χ1v) is 9.91. The summed E-state index contributed by atoms with van der Waals surface area (Å²) < 4.78 is 23.0. The Balaban J connectivity index is 1.57. The van der Waals surface area contributed by atoms with Crippen LogP contribution in [0.25, 0.3) is 0 Å². The molecule has 0 radical (unpaired) electrons. The number of hydrogen-bond acceptors (Lipinski definition) is 4. The molecule has 0 aromatic heterocycles. The van der Waals surface area contributed by atoms with Crippen molar-refractivity contribution < 1.29 is 13.5 Å². The summed E-state index contributed by atoms with van der Waals surface area (Å²) in [5.41, 5.74) is 1.40. The van der Waals surface area contributed by atoms with E-state index in [0.717, 1.165) is 43.5 Å². The van der Waals surface area contributed by atoms with Crippen molar-refractivity contribution in [3.8, 4) is 0 Å². The van der Waals surface area contributed by atoms with E-state index in [1.54, 1.807) is 0 Å². The van der Waals surface area contributed by atoms with E-state index in [2.05, 4.69) is 4.90 Å². The fourth-order valence-electron chi connectivity index (χ4n) is 3.84. The zero-order chi connectivity index (χ0) is 15.8. The first kappa shape index (κ1) is 16.0. The number of aryl methyl sites for hydroxylation is 1. The van der Waals surface area contributed by atoms with Gasteiger partial charge in [0, 0.05) is 13.1 Å². The molecule has 22 heavy (non-hydrogen) atoms. The van der Waals surface area contributed by atoms with Gasteiger partial charge in [0.1, 0.15) is 5.60 Å². The Morgan fingerprint density at radius 2 is 2.14 bits per heavy atom. The van der Waals surface area contributed by atoms with Crippen molar-refractivity contribution in [1.29, 1.82) is 0 Å². The van der Waals surface area contributed by atoms with E-state index < -0.39 is 15.4 Å². The average Bonchev–Trinajstić information content (AvgIpc) is 3.01. The smallest absolute Gasteiger partial charge is 0.150 e. The second kappa shape index (κ2) is 5.95. The van der Waals surface area contributed by atoms with Gasteiger partial charge in [-0.15, -0.1) is 0 Å². The van der Waals surface area contributed by atoms with Gasteiger partial charge >= 0.3 is 0 Å². The molecule has 1 aromatic carbocycles. The third-order valence-corrected chi connectivity index (χ3v) is 6.99. The number of β-amino-alcohol motifs (C(OH)–C–C–N with tert-alkyl or cyclic N) is 1. The third-order valence-electron chi connectivity index (χ3n) is 5.15. The largest absolute Gasteiger partial charge is 0.384 e. The molecule has 1 N–H and O–H groups in total. The summed E-state index contributed by atoms with van der Waals surface area (Å²) in [6, 6.07) is 8.03. The van der Waals surface area contributed by atoms with Crippen LogP contribution in [0.5, 0.6) is 0 Å². The van der Waals surface area contributed by atoms with E-state index in [1.165, 1.54) is 0 Å². The molecular formula is C17H25NO3S. The van der Waals surface area contributed by atoms with Crippen LogP contribution in [0.15, 0.2) is 24.3 Å². The van der Waals surface area contributed by atoms with Gasteiger partial charge in [0.25, 0.3) is 0 Å². The molecule has 2 atom stereocenters. The number of sulfone groups is 1. The predicted octanol–water partition coefficient (Wildman–Crippen LogP) is 1.71. The van der Waals surface area contributed by atoms with Gasteiger partial charge < -0.3 is 5.11 Å². The molecule has 0 aliphatic carbocycles. The zero-order valence-corrected chi connectivity index (χ0v) is 14.0. The Morgan fingerprint density at radius 3 is 2.82 bits per heavy atom. The van der Waals surface area contributed by atoms with E-state index in [4.69, 9.17) is 0 Å². The van der Waals surface area contributed by atoms with E-state index in [-0.39, 0.29) is 0 Å². The Bertz CT molecular complexity index is 643. The molecule has 3 rings (SSSR count). The zero-order valence-electron chi connectivity index (χ0n) is 13.2. The van der Waals surface area contributed by atoms with Gasteiger partial charge in [-0.25, -0.2) is 8.42 Å². The first-order chi connectivity index (χ1) is 10.4. The number of nitrogens with zero attached hydrogens (tertiary/aromatic N) is 1. The Hall–Kier alpha value is -0.910. The van der Waals surface area contributed by atoms with Gasteiger partial charge in [-0.3, -0.25) is 4.90 Å². The van der Waals surface area contributed by atoms with Crippen molar-refractivity contribution in [3.05, 3.63) is 35.4 Å². The molecule has 2 saturated heterocycles. The Kier molecular flexibility index (Phi) is 4.32. The minimum atomic E-state index is -2.78. The van der Waals surface area contributed by atoms with Gasteiger partial charge in [0.05, 0.1) is 11.5 Å². The van der Waals surface area contributed by atoms with Gasteiger partial charge in [0.15, 0.2) is 9.84 Å². The lowest BCUT2D eigenvalue weighted by molar-refractivity contribution is 0.0450. The Morgan fingerprint density at radius 1 is 1.36 bits per heavy atom. The molecule has 0 amide bonds. The minimum absolute atomic E-state index is 0.303. The fourth-order valence-corrected chi connectivity index (χ4v) is 5.75. The molecule has 2 aliphatic rings. The van der Waals surface area contributed by atoms with Crippen LogP contribution in [0.2, 0.25) is 0 Å². The van der Waals surface area contributed by atoms with Crippen molar-refractivity contribution in [3.63, 3.8) is 0 Å². The molecule has 2 unspecified atom stereocenters. The molecule has 4 nitrogen and oxygen atoms in total. The summed E-state index contributed by atoms with van der Waals surface area (Å²) in [4.78, 5) is 2.28. The minimum Gasteiger partial charge on any atom is -0.384 e. The van der Waals surface area contributed by atoms with Crippen LogP contribution in [0.4, 0.5) is 0 Å². The summed E-state index contributed by atoms with van der Waals surface area (Å²) in [6.07, 6.45) is 2.47. The highest BCUT2D eigenvalue weighted by atomic mass is 32.2. The van der Waals surface area contributed by atoms with E-state index in [1.807, 2.05) is 31.2 Å². The van der Waals surface area contributed by atoms with Gasteiger partial charge in [-0.05, 0) is 49.8 Å². The maximum atomic E-state index is 11.5. The van der Waals surface area contributed by atoms with Crippen LogP contribution >= 0.6 is 0 Å². The SMILES string of the molecule is Cc1ccccc1C1(O)CCN(CCC2CCS(=O)(=O)C2)C1.